The Morgan fingerprint density at radius 1 is 1.14 bits per heavy atom. The van der Waals surface area contributed by atoms with Gasteiger partial charge in [0, 0.05) is 13.1 Å². The minimum atomic E-state index is -4.53. The lowest BCUT2D eigenvalue weighted by molar-refractivity contribution is -0.137. The van der Waals surface area contributed by atoms with Crippen LogP contribution < -0.4 is 5.32 Å². The molecule has 1 aliphatic carbocycles. The van der Waals surface area contributed by atoms with Crippen molar-refractivity contribution < 1.29 is 23.4 Å². The zero-order chi connectivity index (χ0) is 20.8. The van der Waals surface area contributed by atoms with E-state index in [-0.39, 0.29) is 17.7 Å². The van der Waals surface area contributed by atoms with Crippen molar-refractivity contribution in [3.63, 3.8) is 0 Å². The zero-order valence-corrected chi connectivity index (χ0v) is 15.7. The van der Waals surface area contributed by atoms with E-state index in [1.807, 2.05) is 6.07 Å². The van der Waals surface area contributed by atoms with Gasteiger partial charge in [0.2, 0.25) is 0 Å². The highest BCUT2D eigenvalue weighted by molar-refractivity contribution is 5.80. The van der Waals surface area contributed by atoms with Gasteiger partial charge in [-0.3, -0.25) is 0 Å². The maximum atomic E-state index is 12.8. The summed E-state index contributed by atoms with van der Waals surface area (Å²) in [4.78, 5) is 8.93. The number of aliphatic hydroxyl groups excluding tert-OH is 1. The van der Waals surface area contributed by atoms with Crippen LogP contribution in [0.1, 0.15) is 31.2 Å². The highest BCUT2D eigenvalue weighted by Gasteiger charge is 2.31. The van der Waals surface area contributed by atoms with Crippen molar-refractivity contribution in [3.8, 4) is 17.1 Å². The minimum absolute atomic E-state index is 0.130. The van der Waals surface area contributed by atoms with Gasteiger partial charge >= 0.3 is 6.18 Å². The fraction of sp³-hybridized carbons (Fsp3) is 0.400. The van der Waals surface area contributed by atoms with E-state index in [1.165, 1.54) is 6.07 Å². The molecule has 1 saturated carbocycles. The molecule has 2 heterocycles. The van der Waals surface area contributed by atoms with Crippen LogP contribution in [0.2, 0.25) is 0 Å². The first-order chi connectivity index (χ1) is 13.7. The number of phenols is 1. The molecule has 1 aromatic carbocycles. The van der Waals surface area contributed by atoms with Gasteiger partial charge in [-0.2, -0.15) is 13.2 Å². The quantitative estimate of drug-likeness (QED) is 0.611. The Bertz CT molecular complexity index is 1050. The van der Waals surface area contributed by atoms with E-state index in [2.05, 4.69) is 15.3 Å². The number of anilines is 1. The molecule has 0 bridgehead atoms. The fourth-order valence-electron chi connectivity index (χ4n) is 3.80. The monoisotopic (exact) mass is 406 g/mol. The lowest BCUT2D eigenvalue weighted by Crippen LogP contribution is -2.30. The van der Waals surface area contributed by atoms with Crippen LogP contribution in [0.4, 0.5) is 19.0 Å². The van der Waals surface area contributed by atoms with E-state index in [0.29, 0.717) is 35.3 Å². The van der Waals surface area contributed by atoms with E-state index < -0.39 is 17.5 Å². The Kier molecular flexibility index (Phi) is 4.85. The number of nitrogens with zero attached hydrogens (tertiary/aromatic N) is 3. The molecule has 0 spiro atoms. The van der Waals surface area contributed by atoms with Gasteiger partial charge in [-0.15, -0.1) is 0 Å². The Balaban J connectivity index is 1.65. The summed E-state index contributed by atoms with van der Waals surface area (Å²) in [7, 11) is 1.72. The Labute approximate surface area is 165 Å². The van der Waals surface area contributed by atoms with Crippen LogP contribution in [-0.2, 0) is 13.2 Å². The summed E-state index contributed by atoms with van der Waals surface area (Å²) in [5, 5.41) is 23.3. The molecule has 3 N–H and O–H groups in total. The van der Waals surface area contributed by atoms with Crippen molar-refractivity contribution >= 4 is 17.0 Å². The molecule has 6 nitrogen and oxygen atoms in total. The molecule has 0 unspecified atom stereocenters. The van der Waals surface area contributed by atoms with Gasteiger partial charge in [0.15, 0.2) is 5.65 Å². The number of imidazole rings is 1. The number of phenolic OH excluding ortho intramolecular Hbond substituents is 1. The molecule has 9 heteroatoms. The number of halogens is 3. The average molecular weight is 406 g/mol. The molecule has 2 atom stereocenters. The third-order valence-electron chi connectivity index (χ3n) is 5.31. The number of hydrogen-bond acceptors (Lipinski definition) is 5. The van der Waals surface area contributed by atoms with E-state index in [0.717, 1.165) is 25.3 Å². The van der Waals surface area contributed by atoms with Crippen LogP contribution >= 0.6 is 0 Å². The number of aliphatic hydroxyl groups is 1. The van der Waals surface area contributed by atoms with Crippen LogP contribution in [0, 0.1) is 0 Å². The summed E-state index contributed by atoms with van der Waals surface area (Å²) in [5.74, 6) is 0.453. The maximum absolute atomic E-state index is 12.8. The molecule has 0 saturated heterocycles. The first-order valence-electron chi connectivity index (χ1n) is 9.41. The standard InChI is InChI=1S/C20H21F3N4O2/c1-27-15-7-8-17(24-12-3-2-4-13(28)10-12)25-18(15)26-19(27)14-6-5-11(9-16(14)29)20(21,22)23/h5-9,12-13,28-29H,2-4,10H2,1H3,(H,24,25)/t12-,13-/m0/s1. The number of rotatable bonds is 3. The minimum Gasteiger partial charge on any atom is -0.507 e. The number of pyridine rings is 1. The molecular weight excluding hydrogens is 385 g/mol. The molecule has 154 valence electrons. The Hall–Kier alpha value is -2.81. The van der Waals surface area contributed by atoms with Gasteiger partial charge in [0.1, 0.15) is 17.4 Å². The van der Waals surface area contributed by atoms with E-state index >= 15 is 0 Å². The molecule has 4 rings (SSSR count). The molecule has 1 aliphatic rings. The highest BCUT2D eigenvalue weighted by Crippen LogP contribution is 2.37. The first-order valence-corrected chi connectivity index (χ1v) is 9.41. The van der Waals surface area contributed by atoms with Gasteiger partial charge in [-0.25, -0.2) is 9.97 Å². The molecule has 3 aromatic rings. The second kappa shape index (κ2) is 7.22. The Morgan fingerprint density at radius 2 is 1.93 bits per heavy atom. The summed E-state index contributed by atoms with van der Waals surface area (Å²) in [6.07, 6.45) is -1.48. The molecule has 29 heavy (non-hydrogen) atoms. The van der Waals surface area contributed by atoms with Crippen LogP contribution in [0.3, 0.4) is 0 Å². The van der Waals surface area contributed by atoms with Crippen molar-refractivity contribution in [2.24, 2.45) is 7.05 Å². The van der Waals surface area contributed by atoms with E-state index in [4.69, 9.17) is 0 Å². The molecule has 0 amide bonds. The van der Waals surface area contributed by atoms with Crippen molar-refractivity contribution in [1.82, 2.24) is 14.5 Å². The third-order valence-corrected chi connectivity index (χ3v) is 5.31. The number of aryl methyl sites for hydroxylation is 1. The second-order valence-electron chi connectivity index (χ2n) is 7.43. The van der Waals surface area contributed by atoms with E-state index in [9.17, 15) is 23.4 Å². The summed E-state index contributed by atoms with van der Waals surface area (Å²) >= 11 is 0. The van der Waals surface area contributed by atoms with Gasteiger partial charge in [0.25, 0.3) is 0 Å². The number of nitrogens with one attached hydrogen (secondary N) is 1. The summed E-state index contributed by atoms with van der Waals surface area (Å²) < 4.78 is 40.2. The van der Waals surface area contributed by atoms with Crippen LogP contribution in [0.25, 0.3) is 22.6 Å². The number of fused-ring (bicyclic) bond motifs is 1. The van der Waals surface area contributed by atoms with Gasteiger partial charge < -0.3 is 20.1 Å². The smallest absolute Gasteiger partial charge is 0.416 e. The SMILES string of the molecule is Cn1c(-c2ccc(C(F)(F)F)cc2O)nc2nc(N[C@H]3CCC[C@H](O)C3)ccc21. The van der Waals surface area contributed by atoms with Crippen molar-refractivity contribution in [1.29, 1.82) is 0 Å². The summed E-state index contributed by atoms with van der Waals surface area (Å²) in [5.41, 5.74) is 0.386. The lowest BCUT2D eigenvalue weighted by atomic mass is 9.93. The topological polar surface area (TPSA) is 83.2 Å². The fourth-order valence-corrected chi connectivity index (χ4v) is 3.80. The zero-order valence-electron chi connectivity index (χ0n) is 15.7. The molecule has 0 aliphatic heterocycles. The van der Waals surface area contributed by atoms with Gasteiger partial charge in [-0.05, 0) is 56.0 Å². The number of aromatic nitrogens is 3. The average Bonchev–Trinajstić information content (AvgIpc) is 2.97. The summed E-state index contributed by atoms with van der Waals surface area (Å²) in [6, 6.07) is 6.59. The highest BCUT2D eigenvalue weighted by atomic mass is 19.4. The largest absolute Gasteiger partial charge is 0.507 e. The van der Waals surface area contributed by atoms with Gasteiger partial charge in [0.05, 0.1) is 22.7 Å². The normalized spacial score (nSPS) is 20.2. The second-order valence-corrected chi connectivity index (χ2v) is 7.43. The predicted molar refractivity (Wildman–Crippen MR) is 102 cm³/mol. The van der Waals surface area contributed by atoms with Crippen molar-refractivity contribution in [2.75, 3.05) is 5.32 Å². The lowest BCUT2D eigenvalue weighted by Gasteiger charge is -2.26. The molecule has 1 fully saturated rings. The van der Waals surface area contributed by atoms with Crippen LogP contribution in [0.5, 0.6) is 5.75 Å². The summed E-state index contributed by atoms with van der Waals surface area (Å²) in [6.45, 7) is 0. The van der Waals surface area contributed by atoms with Crippen molar-refractivity contribution in [3.05, 3.63) is 35.9 Å². The molecule has 0 radical (unpaired) electrons. The predicted octanol–water partition coefficient (Wildman–Crippen LogP) is 4.08. The van der Waals surface area contributed by atoms with Crippen LogP contribution in [0.15, 0.2) is 30.3 Å². The molecular formula is C20H21F3N4O2. The number of benzene rings is 1. The maximum Gasteiger partial charge on any atom is 0.416 e. The third kappa shape index (κ3) is 3.87. The number of aromatic hydroxyl groups is 1. The van der Waals surface area contributed by atoms with E-state index in [1.54, 1.807) is 17.7 Å². The number of hydrogen-bond donors (Lipinski definition) is 3. The Morgan fingerprint density at radius 3 is 2.62 bits per heavy atom. The molecule has 2 aromatic heterocycles. The van der Waals surface area contributed by atoms with Gasteiger partial charge in [-0.1, -0.05) is 0 Å². The number of alkyl halides is 3. The van der Waals surface area contributed by atoms with Crippen molar-refractivity contribution in [2.45, 2.75) is 44.0 Å². The van der Waals surface area contributed by atoms with Crippen LogP contribution in [-0.4, -0.2) is 36.9 Å². The first kappa shape index (κ1) is 19.5.